The molecular weight excluding hydrogens is 240 g/mol. The summed E-state index contributed by atoms with van der Waals surface area (Å²) in [5, 5.41) is 4.16. The zero-order valence-electron chi connectivity index (χ0n) is 11.6. The number of aromatic nitrogens is 3. The molecule has 100 valence electrons. The summed E-state index contributed by atoms with van der Waals surface area (Å²) in [6.07, 6.45) is 2.24. The standard InChI is InChI=1S/C14H18N4O/c1-9-7-14(16-11(3)15-9)18-6-4-5-13(18)12-8-10(2)19-17-12/h7-8,13H,4-6H2,1-3H3. The van der Waals surface area contributed by atoms with Gasteiger partial charge in [0.1, 0.15) is 23.1 Å². The minimum absolute atomic E-state index is 0.270. The van der Waals surface area contributed by atoms with Crippen LogP contribution in [-0.2, 0) is 0 Å². The molecule has 1 aliphatic heterocycles. The highest BCUT2D eigenvalue weighted by Crippen LogP contribution is 2.34. The first-order chi connectivity index (χ1) is 9.13. The number of aryl methyl sites for hydroxylation is 3. The molecule has 5 heteroatoms. The third-order valence-corrected chi connectivity index (χ3v) is 3.49. The highest BCUT2D eigenvalue weighted by atomic mass is 16.5. The van der Waals surface area contributed by atoms with Crippen molar-refractivity contribution in [3.63, 3.8) is 0 Å². The second-order valence-electron chi connectivity index (χ2n) is 5.13. The number of rotatable bonds is 2. The lowest BCUT2D eigenvalue weighted by Crippen LogP contribution is -2.24. The van der Waals surface area contributed by atoms with Crippen LogP contribution in [-0.4, -0.2) is 21.7 Å². The number of nitrogens with zero attached hydrogens (tertiary/aromatic N) is 4. The first kappa shape index (κ1) is 12.1. The van der Waals surface area contributed by atoms with Gasteiger partial charge in [-0.3, -0.25) is 0 Å². The number of hydrogen-bond donors (Lipinski definition) is 0. The topological polar surface area (TPSA) is 55.1 Å². The minimum Gasteiger partial charge on any atom is -0.361 e. The molecule has 19 heavy (non-hydrogen) atoms. The van der Waals surface area contributed by atoms with Crippen molar-refractivity contribution < 1.29 is 4.52 Å². The van der Waals surface area contributed by atoms with Gasteiger partial charge in [-0.25, -0.2) is 9.97 Å². The fourth-order valence-corrected chi connectivity index (χ4v) is 2.74. The van der Waals surface area contributed by atoms with Crippen LogP contribution in [0.3, 0.4) is 0 Å². The van der Waals surface area contributed by atoms with E-state index in [-0.39, 0.29) is 6.04 Å². The van der Waals surface area contributed by atoms with Crippen molar-refractivity contribution in [3.8, 4) is 0 Å². The second kappa shape index (κ2) is 4.64. The van der Waals surface area contributed by atoms with Crippen molar-refractivity contribution in [1.29, 1.82) is 0 Å². The van der Waals surface area contributed by atoms with Crippen molar-refractivity contribution in [2.45, 2.75) is 39.7 Å². The maximum Gasteiger partial charge on any atom is 0.134 e. The van der Waals surface area contributed by atoms with Gasteiger partial charge in [-0.15, -0.1) is 0 Å². The zero-order valence-corrected chi connectivity index (χ0v) is 11.6. The van der Waals surface area contributed by atoms with Crippen molar-refractivity contribution in [3.05, 3.63) is 35.1 Å². The molecule has 5 nitrogen and oxygen atoms in total. The first-order valence-corrected chi connectivity index (χ1v) is 6.65. The van der Waals surface area contributed by atoms with Gasteiger partial charge < -0.3 is 9.42 Å². The Bertz CT molecular complexity index is 573. The maximum absolute atomic E-state index is 5.20. The van der Waals surface area contributed by atoms with Crippen LogP contribution in [0.4, 0.5) is 5.82 Å². The van der Waals surface area contributed by atoms with E-state index in [0.29, 0.717) is 0 Å². The predicted molar refractivity (Wildman–Crippen MR) is 72.1 cm³/mol. The van der Waals surface area contributed by atoms with E-state index in [1.165, 1.54) is 0 Å². The Hall–Kier alpha value is -1.91. The van der Waals surface area contributed by atoms with Crippen molar-refractivity contribution >= 4 is 5.82 Å². The Morgan fingerprint density at radius 3 is 2.74 bits per heavy atom. The molecule has 1 saturated heterocycles. The number of hydrogen-bond acceptors (Lipinski definition) is 5. The highest BCUT2D eigenvalue weighted by molar-refractivity contribution is 5.43. The Labute approximate surface area is 112 Å². The van der Waals surface area contributed by atoms with Gasteiger partial charge in [0.2, 0.25) is 0 Å². The smallest absolute Gasteiger partial charge is 0.134 e. The SMILES string of the molecule is Cc1cc(N2CCCC2c2cc(C)on2)nc(C)n1. The van der Waals surface area contributed by atoms with Gasteiger partial charge in [-0.2, -0.15) is 0 Å². The number of anilines is 1. The third kappa shape index (κ3) is 2.32. The van der Waals surface area contributed by atoms with E-state index in [2.05, 4.69) is 20.0 Å². The highest BCUT2D eigenvalue weighted by Gasteiger charge is 2.29. The lowest BCUT2D eigenvalue weighted by molar-refractivity contribution is 0.385. The minimum atomic E-state index is 0.270. The summed E-state index contributed by atoms with van der Waals surface area (Å²) < 4.78 is 5.20. The fourth-order valence-electron chi connectivity index (χ4n) is 2.74. The quantitative estimate of drug-likeness (QED) is 0.829. The van der Waals surface area contributed by atoms with Crippen LogP contribution in [0.2, 0.25) is 0 Å². The summed E-state index contributed by atoms with van der Waals surface area (Å²) in [5.41, 5.74) is 2.01. The molecule has 2 aromatic rings. The molecule has 2 aromatic heterocycles. The summed E-state index contributed by atoms with van der Waals surface area (Å²) in [5.74, 6) is 2.67. The van der Waals surface area contributed by atoms with Gasteiger partial charge in [0.05, 0.1) is 6.04 Å². The Balaban J connectivity index is 1.94. The summed E-state index contributed by atoms with van der Waals surface area (Å²) in [6.45, 7) is 6.87. The first-order valence-electron chi connectivity index (χ1n) is 6.65. The largest absolute Gasteiger partial charge is 0.361 e. The van der Waals surface area contributed by atoms with Crippen LogP contribution in [0.15, 0.2) is 16.7 Å². The second-order valence-corrected chi connectivity index (χ2v) is 5.13. The van der Waals surface area contributed by atoms with Crippen LogP contribution in [0.5, 0.6) is 0 Å². The third-order valence-electron chi connectivity index (χ3n) is 3.49. The van der Waals surface area contributed by atoms with E-state index in [9.17, 15) is 0 Å². The summed E-state index contributed by atoms with van der Waals surface area (Å²) in [7, 11) is 0. The molecule has 1 aliphatic rings. The molecule has 0 aromatic carbocycles. The molecule has 0 amide bonds. The van der Waals surface area contributed by atoms with E-state index in [0.717, 1.165) is 48.2 Å². The monoisotopic (exact) mass is 258 g/mol. The van der Waals surface area contributed by atoms with Crippen molar-refractivity contribution in [1.82, 2.24) is 15.1 Å². The van der Waals surface area contributed by atoms with Gasteiger partial charge in [-0.1, -0.05) is 5.16 Å². The van der Waals surface area contributed by atoms with E-state index < -0.39 is 0 Å². The molecule has 3 rings (SSSR count). The van der Waals surface area contributed by atoms with E-state index in [1.807, 2.05) is 32.9 Å². The fraction of sp³-hybridized carbons (Fsp3) is 0.500. The zero-order chi connectivity index (χ0) is 13.4. The maximum atomic E-state index is 5.20. The van der Waals surface area contributed by atoms with Gasteiger partial charge in [-0.05, 0) is 33.6 Å². The van der Waals surface area contributed by atoms with Crippen LogP contribution in [0.25, 0.3) is 0 Å². The average Bonchev–Trinajstić information content (AvgIpc) is 2.95. The molecule has 0 radical (unpaired) electrons. The van der Waals surface area contributed by atoms with Crippen molar-refractivity contribution in [2.75, 3.05) is 11.4 Å². The summed E-state index contributed by atoms with van der Waals surface area (Å²) in [4.78, 5) is 11.2. The molecule has 3 heterocycles. The summed E-state index contributed by atoms with van der Waals surface area (Å²) >= 11 is 0. The normalized spacial score (nSPS) is 19.1. The van der Waals surface area contributed by atoms with Crippen molar-refractivity contribution in [2.24, 2.45) is 0 Å². The molecule has 0 N–H and O–H groups in total. The van der Waals surface area contributed by atoms with Crippen LogP contribution >= 0.6 is 0 Å². The van der Waals surface area contributed by atoms with Gasteiger partial charge in [0.25, 0.3) is 0 Å². The Morgan fingerprint density at radius 1 is 1.21 bits per heavy atom. The Kier molecular flexibility index (Phi) is 2.97. The van der Waals surface area contributed by atoms with Gasteiger partial charge in [0, 0.05) is 24.4 Å². The molecule has 1 atom stereocenters. The van der Waals surface area contributed by atoms with Gasteiger partial charge >= 0.3 is 0 Å². The van der Waals surface area contributed by atoms with E-state index in [4.69, 9.17) is 4.52 Å². The van der Waals surface area contributed by atoms with E-state index in [1.54, 1.807) is 0 Å². The molecule has 1 fully saturated rings. The van der Waals surface area contributed by atoms with E-state index >= 15 is 0 Å². The lowest BCUT2D eigenvalue weighted by Gasteiger charge is -2.24. The van der Waals surface area contributed by atoms with Gasteiger partial charge in [0.15, 0.2) is 0 Å². The molecule has 0 spiro atoms. The molecule has 1 unspecified atom stereocenters. The lowest BCUT2D eigenvalue weighted by atomic mass is 10.1. The molecule has 0 bridgehead atoms. The van der Waals surface area contributed by atoms with Crippen LogP contribution in [0, 0.1) is 20.8 Å². The van der Waals surface area contributed by atoms with Crippen LogP contribution in [0.1, 0.15) is 41.9 Å². The summed E-state index contributed by atoms with van der Waals surface area (Å²) in [6, 6.07) is 4.33. The molecule has 0 saturated carbocycles. The molecular formula is C14H18N4O. The predicted octanol–water partition coefficient (Wildman–Crippen LogP) is 2.73. The Morgan fingerprint density at radius 2 is 2.05 bits per heavy atom. The average molecular weight is 258 g/mol. The van der Waals surface area contributed by atoms with Crippen LogP contribution < -0.4 is 4.90 Å². The molecule has 0 aliphatic carbocycles.